The molecule has 0 atom stereocenters. The van der Waals surface area contributed by atoms with Crippen molar-refractivity contribution in [1.82, 2.24) is 20.5 Å². The average molecular weight is 451 g/mol. The van der Waals surface area contributed by atoms with Crippen LogP contribution in [0.5, 0.6) is 11.5 Å². The molecule has 0 spiro atoms. The molecule has 1 aliphatic rings. The van der Waals surface area contributed by atoms with Crippen molar-refractivity contribution in [3.63, 3.8) is 0 Å². The topological polar surface area (TPSA) is 75.0 Å². The van der Waals surface area contributed by atoms with Crippen LogP contribution < -0.4 is 14.8 Å². The number of nitrogens with zero attached hydrogens (tertiary/aromatic N) is 1. The third-order valence-corrected chi connectivity index (χ3v) is 5.59. The minimum Gasteiger partial charge on any atom is -0.496 e. The van der Waals surface area contributed by atoms with Crippen molar-refractivity contribution in [2.75, 3.05) is 20.3 Å². The van der Waals surface area contributed by atoms with Crippen molar-refractivity contribution >= 4 is 35.2 Å². The standard InChI is InChI=1S/C28H26N4O2/c1-33-28-17-26(34-19-21-3-2-13-29-18-21)10-7-22(28)6-9-25-16-24(31-32-25)8-4-20-5-11-27-23(15-20)12-14-30-27/h2-17,29-30H,18-19H2,1H3,(H,31,32)/b8-4+,9-6+. The molecule has 0 amide bonds. The van der Waals surface area contributed by atoms with Gasteiger partial charge in [0.25, 0.3) is 0 Å². The fourth-order valence-corrected chi connectivity index (χ4v) is 3.76. The van der Waals surface area contributed by atoms with Crippen LogP contribution >= 0.6 is 0 Å². The Labute approximate surface area is 198 Å². The molecule has 5 rings (SSSR count). The van der Waals surface area contributed by atoms with E-state index in [9.17, 15) is 0 Å². The number of aromatic nitrogens is 3. The molecule has 4 aromatic rings. The van der Waals surface area contributed by atoms with Gasteiger partial charge in [0.1, 0.15) is 18.1 Å². The molecule has 3 N–H and O–H groups in total. The zero-order chi connectivity index (χ0) is 23.2. The number of ether oxygens (including phenoxy) is 2. The van der Waals surface area contributed by atoms with E-state index in [2.05, 4.69) is 56.9 Å². The van der Waals surface area contributed by atoms with E-state index in [1.807, 2.05) is 61.0 Å². The third-order valence-electron chi connectivity index (χ3n) is 5.59. The summed E-state index contributed by atoms with van der Waals surface area (Å²) in [6.07, 6.45) is 16.0. The number of fused-ring (bicyclic) bond motifs is 1. The second kappa shape index (κ2) is 10.0. The van der Waals surface area contributed by atoms with E-state index in [4.69, 9.17) is 9.47 Å². The molecular formula is C28H26N4O2. The second-order valence-electron chi connectivity index (χ2n) is 8.00. The van der Waals surface area contributed by atoms with Crippen molar-refractivity contribution in [2.45, 2.75) is 0 Å². The number of aromatic amines is 2. The minimum absolute atomic E-state index is 0.541. The van der Waals surface area contributed by atoms with E-state index in [1.165, 1.54) is 11.0 Å². The van der Waals surface area contributed by atoms with Gasteiger partial charge in [0.2, 0.25) is 0 Å². The molecule has 170 valence electrons. The highest BCUT2D eigenvalue weighted by atomic mass is 16.5. The molecule has 34 heavy (non-hydrogen) atoms. The van der Waals surface area contributed by atoms with Gasteiger partial charge < -0.3 is 19.8 Å². The first-order valence-corrected chi connectivity index (χ1v) is 11.1. The van der Waals surface area contributed by atoms with Crippen molar-refractivity contribution in [1.29, 1.82) is 0 Å². The Hall–Kier alpha value is -4.45. The van der Waals surface area contributed by atoms with Crippen molar-refractivity contribution in [3.8, 4) is 11.5 Å². The van der Waals surface area contributed by atoms with E-state index < -0.39 is 0 Å². The fourth-order valence-electron chi connectivity index (χ4n) is 3.76. The number of rotatable bonds is 8. The zero-order valence-corrected chi connectivity index (χ0v) is 18.9. The zero-order valence-electron chi connectivity index (χ0n) is 18.9. The molecule has 0 radical (unpaired) electrons. The lowest BCUT2D eigenvalue weighted by atomic mass is 10.1. The lowest BCUT2D eigenvalue weighted by Gasteiger charge is -2.13. The summed E-state index contributed by atoms with van der Waals surface area (Å²) in [5, 5.41) is 11.8. The maximum Gasteiger partial charge on any atom is 0.129 e. The third kappa shape index (κ3) is 5.13. The average Bonchev–Trinajstić information content (AvgIpc) is 3.55. The summed E-state index contributed by atoms with van der Waals surface area (Å²) in [4.78, 5) is 3.21. The lowest BCUT2D eigenvalue weighted by molar-refractivity contribution is 0.344. The largest absolute Gasteiger partial charge is 0.496 e. The Morgan fingerprint density at radius 2 is 1.97 bits per heavy atom. The van der Waals surface area contributed by atoms with Gasteiger partial charge in [-0.15, -0.1) is 0 Å². The predicted molar refractivity (Wildman–Crippen MR) is 138 cm³/mol. The van der Waals surface area contributed by atoms with E-state index >= 15 is 0 Å². The first-order valence-electron chi connectivity index (χ1n) is 11.1. The summed E-state index contributed by atoms with van der Waals surface area (Å²) in [5.41, 5.74) is 6.20. The van der Waals surface area contributed by atoms with Crippen LogP contribution in [0, 0.1) is 0 Å². The van der Waals surface area contributed by atoms with E-state index in [1.54, 1.807) is 7.11 Å². The monoisotopic (exact) mass is 450 g/mol. The predicted octanol–water partition coefficient (Wildman–Crippen LogP) is 5.66. The molecule has 0 unspecified atom stereocenters. The number of nitrogens with one attached hydrogen (secondary N) is 3. The Balaban J connectivity index is 1.23. The molecule has 2 aromatic carbocycles. The highest BCUT2D eigenvalue weighted by molar-refractivity contribution is 5.83. The summed E-state index contributed by atoms with van der Waals surface area (Å²) in [7, 11) is 1.67. The van der Waals surface area contributed by atoms with Gasteiger partial charge >= 0.3 is 0 Å². The van der Waals surface area contributed by atoms with Crippen LogP contribution in [0.4, 0.5) is 0 Å². The maximum atomic E-state index is 5.92. The number of hydrogen-bond acceptors (Lipinski definition) is 4. The quantitative estimate of drug-likeness (QED) is 0.324. The van der Waals surface area contributed by atoms with Crippen LogP contribution in [0.1, 0.15) is 22.5 Å². The lowest BCUT2D eigenvalue weighted by Crippen LogP contribution is -2.17. The Bertz CT molecular complexity index is 1400. The van der Waals surface area contributed by atoms with E-state index in [-0.39, 0.29) is 0 Å². The van der Waals surface area contributed by atoms with Gasteiger partial charge in [0.05, 0.1) is 18.5 Å². The summed E-state index contributed by atoms with van der Waals surface area (Å²) >= 11 is 0. The number of benzene rings is 2. The molecule has 0 saturated carbocycles. The molecular weight excluding hydrogens is 424 g/mol. The number of hydrogen-bond donors (Lipinski definition) is 3. The van der Waals surface area contributed by atoms with Crippen LogP contribution in [0.3, 0.4) is 0 Å². The first-order chi connectivity index (χ1) is 16.8. The van der Waals surface area contributed by atoms with Gasteiger partial charge in [-0.1, -0.05) is 18.2 Å². The molecule has 2 aromatic heterocycles. The van der Waals surface area contributed by atoms with Crippen LogP contribution in [0.15, 0.2) is 78.7 Å². The highest BCUT2D eigenvalue weighted by Crippen LogP contribution is 2.27. The summed E-state index contributed by atoms with van der Waals surface area (Å²) in [6, 6.07) is 16.3. The molecule has 3 heterocycles. The van der Waals surface area contributed by atoms with Crippen LogP contribution in [-0.2, 0) is 0 Å². The molecule has 0 bridgehead atoms. The van der Waals surface area contributed by atoms with Gasteiger partial charge in [-0.25, -0.2) is 0 Å². The number of H-pyrrole nitrogens is 2. The van der Waals surface area contributed by atoms with Crippen LogP contribution in [-0.4, -0.2) is 35.4 Å². The van der Waals surface area contributed by atoms with Crippen molar-refractivity contribution in [3.05, 3.63) is 101 Å². The Morgan fingerprint density at radius 1 is 1.00 bits per heavy atom. The second-order valence-corrected chi connectivity index (χ2v) is 8.00. The first kappa shape index (κ1) is 21.4. The smallest absolute Gasteiger partial charge is 0.129 e. The molecule has 6 nitrogen and oxygen atoms in total. The molecule has 6 heteroatoms. The molecule has 0 saturated heterocycles. The Kier molecular flexibility index (Phi) is 6.29. The maximum absolute atomic E-state index is 5.92. The summed E-state index contributed by atoms with van der Waals surface area (Å²) in [6.45, 7) is 1.34. The molecule has 0 fully saturated rings. The van der Waals surface area contributed by atoms with Crippen molar-refractivity contribution < 1.29 is 9.47 Å². The SMILES string of the molecule is COc1cc(OCC2=CC=CNC2)ccc1/C=C/c1cc(/C=C/c2ccc3[nH]ccc3c2)n[nH]1. The molecule has 0 aliphatic carbocycles. The molecule has 1 aliphatic heterocycles. The Morgan fingerprint density at radius 3 is 2.85 bits per heavy atom. The number of methoxy groups -OCH3 is 1. The van der Waals surface area contributed by atoms with E-state index in [0.717, 1.165) is 46.1 Å². The van der Waals surface area contributed by atoms with Gasteiger partial charge in [-0.3, -0.25) is 5.10 Å². The summed E-state index contributed by atoms with van der Waals surface area (Å²) in [5.74, 6) is 1.53. The number of allylic oxidation sites excluding steroid dienone is 2. The fraction of sp³-hybridized carbons (Fsp3) is 0.107. The number of dihydropyridines is 1. The summed E-state index contributed by atoms with van der Waals surface area (Å²) < 4.78 is 11.5. The highest BCUT2D eigenvalue weighted by Gasteiger charge is 2.06. The van der Waals surface area contributed by atoms with Gasteiger partial charge in [-0.2, -0.15) is 5.10 Å². The van der Waals surface area contributed by atoms with Crippen molar-refractivity contribution in [2.24, 2.45) is 0 Å². The van der Waals surface area contributed by atoms with Gasteiger partial charge in [0, 0.05) is 29.9 Å². The van der Waals surface area contributed by atoms with Gasteiger partial charge in [-0.05, 0) is 83.4 Å². The minimum atomic E-state index is 0.541. The van der Waals surface area contributed by atoms with E-state index in [0.29, 0.717) is 6.61 Å². The van der Waals surface area contributed by atoms with Crippen LogP contribution in [0.2, 0.25) is 0 Å². The van der Waals surface area contributed by atoms with Gasteiger partial charge in [0.15, 0.2) is 0 Å². The normalized spacial score (nSPS) is 13.5. The van der Waals surface area contributed by atoms with Crippen LogP contribution in [0.25, 0.3) is 35.2 Å².